The van der Waals surface area contributed by atoms with Gasteiger partial charge in [-0.1, -0.05) is 12.1 Å². The van der Waals surface area contributed by atoms with Crippen LogP contribution >= 0.6 is 0 Å². The Balaban J connectivity index is 1.75. The Bertz CT molecular complexity index is 764. The summed E-state index contributed by atoms with van der Waals surface area (Å²) in [6, 6.07) is 5.43. The molecule has 23 heavy (non-hydrogen) atoms. The van der Waals surface area contributed by atoms with Crippen LogP contribution in [0.3, 0.4) is 0 Å². The van der Waals surface area contributed by atoms with Crippen molar-refractivity contribution >= 4 is 11.9 Å². The van der Waals surface area contributed by atoms with E-state index in [0.29, 0.717) is 17.1 Å². The Hall–Kier alpha value is -2.96. The van der Waals surface area contributed by atoms with E-state index in [2.05, 4.69) is 5.32 Å². The van der Waals surface area contributed by atoms with Crippen LogP contribution in [0.25, 0.3) is 0 Å². The molecule has 1 aromatic carbocycles. The van der Waals surface area contributed by atoms with Crippen LogP contribution in [-0.4, -0.2) is 23.8 Å². The first-order valence-electron chi connectivity index (χ1n) is 7.00. The lowest BCUT2D eigenvalue weighted by Gasteiger charge is -2.08. The minimum absolute atomic E-state index is 0.144. The van der Waals surface area contributed by atoms with Crippen molar-refractivity contribution in [2.45, 2.75) is 19.9 Å². The average molecular weight is 317 g/mol. The van der Waals surface area contributed by atoms with E-state index in [4.69, 9.17) is 19.0 Å². The number of amides is 1. The fraction of sp³-hybridized carbons (Fsp3) is 0.250. The predicted molar refractivity (Wildman–Crippen MR) is 78.5 cm³/mol. The molecule has 7 heteroatoms. The van der Waals surface area contributed by atoms with Crippen molar-refractivity contribution in [2.24, 2.45) is 0 Å². The maximum absolute atomic E-state index is 12.4. The zero-order chi connectivity index (χ0) is 16.4. The molecule has 0 unspecified atom stereocenters. The number of benzene rings is 1. The van der Waals surface area contributed by atoms with Gasteiger partial charge in [0.25, 0.3) is 5.91 Å². The molecule has 2 heterocycles. The minimum Gasteiger partial charge on any atom is -0.481 e. The summed E-state index contributed by atoms with van der Waals surface area (Å²) in [6.45, 7) is 2.09. The lowest BCUT2D eigenvalue weighted by atomic mass is 10.1. The molecule has 1 aromatic heterocycles. The Labute approximate surface area is 131 Å². The van der Waals surface area contributed by atoms with Gasteiger partial charge in [-0.3, -0.25) is 9.59 Å². The van der Waals surface area contributed by atoms with Crippen molar-refractivity contribution in [3.63, 3.8) is 0 Å². The summed E-state index contributed by atoms with van der Waals surface area (Å²) in [7, 11) is 0. The second-order valence-corrected chi connectivity index (χ2v) is 5.12. The molecule has 0 saturated carbocycles. The van der Waals surface area contributed by atoms with Gasteiger partial charge >= 0.3 is 5.97 Å². The van der Waals surface area contributed by atoms with Gasteiger partial charge in [0.15, 0.2) is 11.5 Å². The van der Waals surface area contributed by atoms with Gasteiger partial charge in [0.05, 0.1) is 11.8 Å². The first kappa shape index (κ1) is 15.0. The average Bonchev–Trinajstić information content (AvgIpc) is 3.11. The number of aryl methyl sites for hydroxylation is 1. The fourth-order valence-electron chi connectivity index (χ4n) is 2.46. The first-order chi connectivity index (χ1) is 11.1. The quantitative estimate of drug-likeness (QED) is 0.873. The van der Waals surface area contributed by atoms with E-state index < -0.39 is 5.97 Å². The summed E-state index contributed by atoms with van der Waals surface area (Å²) in [5, 5.41) is 11.6. The van der Waals surface area contributed by atoms with Gasteiger partial charge in [-0.05, 0) is 13.0 Å². The summed E-state index contributed by atoms with van der Waals surface area (Å²) >= 11 is 0. The third-order valence-electron chi connectivity index (χ3n) is 3.51. The van der Waals surface area contributed by atoms with Crippen molar-refractivity contribution in [1.29, 1.82) is 0 Å². The zero-order valence-corrected chi connectivity index (χ0v) is 12.4. The molecule has 3 rings (SSSR count). The molecule has 2 N–H and O–H groups in total. The highest BCUT2D eigenvalue weighted by atomic mass is 16.7. The number of ether oxygens (including phenoxy) is 2. The van der Waals surface area contributed by atoms with E-state index >= 15 is 0 Å². The number of nitrogens with one attached hydrogen (secondary N) is 1. The number of carbonyl (C=O) groups is 2. The number of rotatable bonds is 5. The molecule has 7 nitrogen and oxygen atoms in total. The molecule has 1 amide bonds. The second kappa shape index (κ2) is 6.04. The SMILES string of the molecule is Cc1coc(CC(=O)O)c1C(=O)NCc1cccc2c1OCO2. The van der Waals surface area contributed by atoms with E-state index in [1.165, 1.54) is 6.26 Å². The minimum atomic E-state index is -1.06. The van der Waals surface area contributed by atoms with Crippen LogP contribution in [0.2, 0.25) is 0 Å². The number of carboxylic acids is 1. The molecule has 0 atom stereocenters. The highest BCUT2D eigenvalue weighted by Crippen LogP contribution is 2.35. The number of hydrogen-bond donors (Lipinski definition) is 2. The molecule has 0 saturated heterocycles. The topological polar surface area (TPSA) is 98.0 Å². The lowest BCUT2D eigenvalue weighted by Crippen LogP contribution is -2.24. The van der Waals surface area contributed by atoms with Crippen LogP contribution in [0.15, 0.2) is 28.9 Å². The van der Waals surface area contributed by atoms with Gasteiger partial charge in [0.1, 0.15) is 12.2 Å². The van der Waals surface area contributed by atoms with Gasteiger partial charge in [-0.25, -0.2) is 0 Å². The summed E-state index contributed by atoms with van der Waals surface area (Å²) in [5.41, 5.74) is 1.64. The summed E-state index contributed by atoms with van der Waals surface area (Å²) in [5.74, 6) is -0.0421. The van der Waals surface area contributed by atoms with E-state index in [-0.39, 0.29) is 37.0 Å². The number of carbonyl (C=O) groups excluding carboxylic acids is 1. The van der Waals surface area contributed by atoms with E-state index in [1.807, 2.05) is 12.1 Å². The Kier molecular flexibility index (Phi) is 3.92. The second-order valence-electron chi connectivity index (χ2n) is 5.12. The number of carboxylic acid groups (broad SMARTS) is 1. The van der Waals surface area contributed by atoms with E-state index in [1.54, 1.807) is 13.0 Å². The first-order valence-corrected chi connectivity index (χ1v) is 7.00. The van der Waals surface area contributed by atoms with Crippen molar-refractivity contribution in [3.8, 4) is 11.5 Å². The number of para-hydroxylation sites is 1. The van der Waals surface area contributed by atoms with Crippen LogP contribution < -0.4 is 14.8 Å². The molecule has 120 valence electrons. The number of fused-ring (bicyclic) bond motifs is 1. The van der Waals surface area contributed by atoms with Gasteiger partial charge in [-0.2, -0.15) is 0 Å². The van der Waals surface area contributed by atoms with Crippen LogP contribution in [-0.2, 0) is 17.8 Å². The third-order valence-corrected chi connectivity index (χ3v) is 3.51. The molecule has 0 aliphatic carbocycles. The maximum atomic E-state index is 12.4. The number of hydrogen-bond acceptors (Lipinski definition) is 5. The molecular formula is C16H15NO6. The molecule has 1 aliphatic heterocycles. The normalized spacial score (nSPS) is 12.2. The summed E-state index contributed by atoms with van der Waals surface area (Å²) in [6.07, 6.45) is 1.04. The lowest BCUT2D eigenvalue weighted by molar-refractivity contribution is -0.136. The van der Waals surface area contributed by atoms with Crippen molar-refractivity contribution in [3.05, 3.63) is 46.9 Å². The zero-order valence-electron chi connectivity index (χ0n) is 12.4. The van der Waals surface area contributed by atoms with Crippen molar-refractivity contribution < 1.29 is 28.6 Å². The molecule has 0 bridgehead atoms. The van der Waals surface area contributed by atoms with Crippen LogP contribution in [0, 0.1) is 6.92 Å². The molecule has 1 aliphatic rings. The molecule has 0 radical (unpaired) electrons. The summed E-state index contributed by atoms with van der Waals surface area (Å²) < 4.78 is 15.8. The van der Waals surface area contributed by atoms with Gasteiger partial charge in [-0.15, -0.1) is 0 Å². The predicted octanol–water partition coefficient (Wildman–Crippen LogP) is 1.87. The molecule has 0 spiro atoms. The monoisotopic (exact) mass is 317 g/mol. The van der Waals surface area contributed by atoms with Crippen molar-refractivity contribution in [2.75, 3.05) is 6.79 Å². The number of furan rings is 1. The smallest absolute Gasteiger partial charge is 0.311 e. The standard InChI is InChI=1S/C16H15NO6/c1-9-7-21-12(5-13(18)19)14(9)16(20)17-6-10-3-2-4-11-15(10)23-8-22-11/h2-4,7H,5-6,8H2,1H3,(H,17,20)(H,18,19). The Morgan fingerprint density at radius 3 is 2.91 bits per heavy atom. The van der Waals surface area contributed by atoms with Crippen LogP contribution in [0.5, 0.6) is 11.5 Å². The molecular weight excluding hydrogens is 302 g/mol. The van der Waals surface area contributed by atoms with Crippen LogP contribution in [0.4, 0.5) is 0 Å². The number of aliphatic carboxylic acids is 1. The van der Waals surface area contributed by atoms with E-state index in [0.717, 1.165) is 5.56 Å². The van der Waals surface area contributed by atoms with Gasteiger partial charge in [0.2, 0.25) is 6.79 Å². The summed E-state index contributed by atoms with van der Waals surface area (Å²) in [4.78, 5) is 23.2. The molecule has 2 aromatic rings. The van der Waals surface area contributed by atoms with Crippen LogP contribution in [0.1, 0.15) is 27.2 Å². The van der Waals surface area contributed by atoms with Gasteiger partial charge in [0, 0.05) is 17.7 Å². The Morgan fingerprint density at radius 2 is 2.13 bits per heavy atom. The highest BCUT2D eigenvalue weighted by molar-refractivity contribution is 5.97. The fourth-order valence-corrected chi connectivity index (χ4v) is 2.46. The Morgan fingerprint density at radius 1 is 1.30 bits per heavy atom. The van der Waals surface area contributed by atoms with Crippen molar-refractivity contribution in [1.82, 2.24) is 5.32 Å². The third kappa shape index (κ3) is 2.98. The van der Waals surface area contributed by atoms with E-state index in [9.17, 15) is 9.59 Å². The largest absolute Gasteiger partial charge is 0.481 e. The molecule has 0 fully saturated rings. The van der Waals surface area contributed by atoms with Gasteiger partial charge < -0.3 is 24.3 Å². The maximum Gasteiger partial charge on any atom is 0.311 e. The highest BCUT2D eigenvalue weighted by Gasteiger charge is 2.22.